The fourth-order valence-corrected chi connectivity index (χ4v) is 2.81. The molecule has 0 atom stereocenters. The molecule has 0 fully saturated rings. The van der Waals surface area contributed by atoms with Crippen LogP contribution in [0.25, 0.3) is 11.1 Å². The molecular formula is C22H26N2O4. The number of nitrogens with one attached hydrogen (secondary N) is 1. The number of aryl methyl sites for hydroxylation is 2. The Balaban J connectivity index is 2.35. The van der Waals surface area contributed by atoms with Crippen LogP contribution in [0.4, 0.5) is 5.69 Å². The third-order valence-electron chi connectivity index (χ3n) is 4.29. The van der Waals surface area contributed by atoms with E-state index in [1.807, 2.05) is 51.2 Å². The monoisotopic (exact) mass is 382 g/mol. The highest BCUT2D eigenvalue weighted by molar-refractivity contribution is 6.14. The fraction of sp³-hybridized carbons (Fsp3) is 0.318. The van der Waals surface area contributed by atoms with Gasteiger partial charge >= 0.3 is 11.9 Å². The Morgan fingerprint density at radius 3 is 2.32 bits per heavy atom. The molecule has 1 N–H and O–H groups in total. The molecule has 0 saturated carbocycles. The molecule has 6 nitrogen and oxygen atoms in total. The molecule has 0 amide bonds. The second-order valence-corrected chi connectivity index (χ2v) is 6.25. The molecule has 148 valence electrons. The molecule has 1 heterocycles. The summed E-state index contributed by atoms with van der Waals surface area (Å²) in [6, 6.07) is 7.74. The highest BCUT2D eigenvalue weighted by Crippen LogP contribution is 2.29. The van der Waals surface area contributed by atoms with E-state index in [9.17, 15) is 9.59 Å². The van der Waals surface area contributed by atoms with E-state index in [1.54, 1.807) is 13.8 Å². The first kappa shape index (κ1) is 21.2. The van der Waals surface area contributed by atoms with Crippen LogP contribution in [0, 0.1) is 20.8 Å². The average Bonchev–Trinajstić information content (AvgIpc) is 2.66. The minimum absolute atomic E-state index is 0.172. The summed E-state index contributed by atoms with van der Waals surface area (Å²) in [5.74, 6) is -1.44. The molecule has 1 aromatic heterocycles. The van der Waals surface area contributed by atoms with Gasteiger partial charge in [-0.25, -0.2) is 9.59 Å². The molecule has 0 aliphatic carbocycles. The van der Waals surface area contributed by atoms with Gasteiger partial charge in [0.05, 0.1) is 13.2 Å². The van der Waals surface area contributed by atoms with Crippen LogP contribution in [0.3, 0.4) is 0 Å². The Morgan fingerprint density at radius 1 is 1.07 bits per heavy atom. The van der Waals surface area contributed by atoms with E-state index in [4.69, 9.17) is 9.47 Å². The van der Waals surface area contributed by atoms with Crippen molar-refractivity contribution in [1.29, 1.82) is 0 Å². The summed E-state index contributed by atoms with van der Waals surface area (Å²) in [5.41, 5.74) is 5.87. The lowest BCUT2D eigenvalue weighted by Gasteiger charge is -2.13. The SMILES string of the molecule is CCOC(=O)C(=CNc1cccc(-c2c(C)cnc(C)c2C)c1)C(=O)OCC. The highest BCUT2D eigenvalue weighted by Gasteiger charge is 2.21. The zero-order chi connectivity index (χ0) is 20.7. The molecule has 6 heteroatoms. The number of nitrogens with zero attached hydrogens (tertiary/aromatic N) is 1. The summed E-state index contributed by atoms with van der Waals surface area (Å²) >= 11 is 0. The third-order valence-corrected chi connectivity index (χ3v) is 4.29. The molecule has 0 saturated heterocycles. The number of anilines is 1. The summed E-state index contributed by atoms with van der Waals surface area (Å²) < 4.78 is 9.89. The van der Waals surface area contributed by atoms with Crippen molar-refractivity contribution < 1.29 is 19.1 Å². The molecule has 0 radical (unpaired) electrons. The van der Waals surface area contributed by atoms with Gasteiger partial charge in [-0.3, -0.25) is 4.98 Å². The van der Waals surface area contributed by atoms with Gasteiger partial charge in [0.1, 0.15) is 0 Å². The molecule has 1 aromatic carbocycles. The maximum Gasteiger partial charge on any atom is 0.347 e. The van der Waals surface area contributed by atoms with Crippen molar-refractivity contribution >= 4 is 17.6 Å². The lowest BCUT2D eigenvalue weighted by Crippen LogP contribution is -2.19. The van der Waals surface area contributed by atoms with Crippen LogP contribution in [0.15, 0.2) is 42.2 Å². The molecule has 2 aromatic rings. The molecule has 28 heavy (non-hydrogen) atoms. The maximum atomic E-state index is 12.1. The predicted octanol–water partition coefficient (Wildman–Crippen LogP) is 4.10. The lowest BCUT2D eigenvalue weighted by molar-refractivity contribution is -0.146. The largest absolute Gasteiger partial charge is 0.462 e. The van der Waals surface area contributed by atoms with E-state index in [1.165, 1.54) is 6.20 Å². The first-order valence-electron chi connectivity index (χ1n) is 9.23. The number of esters is 2. The number of ether oxygens (including phenoxy) is 2. The van der Waals surface area contributed by atoms with Gasteiger partial charge in [0, 0.05) is 23.8 Å². The van der Waals surface area contributed by atoms with E-state index in [0.717, 1.165) is 33.6 Å². The summed E-state index contributed by atoms with van der Waals surface area (Å²) in [4.78, 5) is 28.5. The van der Waals surface area contributed by atoms with Crippen LogP contribution >= 0.6 is 0 Å². The number of carbonyl (C=O) groups excluding carboxylic acids is 2. The topological polar surface area (TPSA) is 77.5 Å². The third kappa shape index (κ3) is 4.97. The second kappa shape index (κ2) is 9.69. The number of hydrogen-bond acceptors (Lipinski definition) is 6. The molecule has 0 bridgehead atoms. The molecule has 0 unspecified atom stereocenters. The van der Waals surface area contributed by atoms with E-state index in [0.29, 0.717) is 0 Å². The van der Waals surface area contributed by atoms with E-state index in [-0.39, 0.29) is 18.8 Å². The van der Waals surface area contributed by atoms with Gasteiger partial charge in [0.2, 0.25) is 0 Å². The van der Waals surface area contributed by atoms with Gasteiger partial charge in [0.15, 0.2) is 5.57 Å². The summed E-state index contributed by atoms with van der Waals surface area (Å²) in [5, 5.41) is 3.01. The first-order chi connectivity index (χ1) is 13.4. The predicted molar refractivity (Wildman–Crippen MR) is 109 cm³/mol. The highest BCUT2D eigenvalue weighted by atomic mass is 16.6. The van der Waals surface area contributed by atoms with Crippen LogP contribution in [0.1, 0.15) is 30.7 Å². The minimum atomic E-state index is -0.721. The van der Waals surface area contributed by atoms with Gasteiger partial charge in [0.25, 0.3) is 0 Å². The molecule has 0 spiro atoms. The summed E-state index contributed by atoms with van der Waals surface area (Å²) in [6.07, 6.45) is 3.18. The van der Waals surface area contributed by atoms with Crippen molar-refractivity contribution in [1.82, 2.24) is 4.98 Å². The van der Waals surface area contributed by atoms with Crippen molar-refractivity contribution in [2.24, 2.45) is 0 Å². The fourth-order valence-electron chi connectivity index (χ4n) is 2.81. The van der Waals surface area contributed by atoms with Gasteiger partial charge < -0.3 is 14.8 Å². The second-order valence-electron chi connectivity index (χ2n) is 6.25. The molecular weight excluding hydrogens is 356 g/mol. The molecule has 0 aliphatic heterocycles. The van der Waals surface area contributed by atoms with E-state index >= 15 is 0 Å². The Bertz CT molecular complexity index is 883. The number of rotatable bonds is 7. The van der Waals surface area contributed by atoms with Crippen LogP contribution in [0.5, 0.6) is 0 Å². The Morgan fingerprint density at radius 2 is 1.71 bits per heavy atom. The molecule has 0 aliphatic rings. The molecule has 2 rings (SSSR count). The quantitative estimate of drug-likeness (QED) is 0.336. The minimum Gasteiger partial charge on any atom is -0.462 e. The summed E-state index contributed by atoms with van der Waals surface area (Å²) in [6.45, 7) is 9.75. The zero-order valence-corrected chi connectivity index (χ0v) is 17.0. The van der Waals surface area contributed by atoms with Crippen LogP contribution in [-0.4, -0.2) is 30.1 Å². The van der Waals surface area contributed by atoms with E-state index < -0.39 is 11.9 Å². The first-order valence-corrected chi connectivity index (χ1v) is 9.23. The van der Waals surface area contributed by atoms with Gasteiger partial charge in [-0.05, 0) is 69.0 Å². The number of aromatic nitrogens is 1. The normalized spacial score (nSPS) is 10.2. The number of benzene rings is 1. The number of pyridine rings is 1. The van der Waals surface area contributed by atoms with Crippen molar-refractivity contribution in [2.75, 3.05) is 18.5 Å². The van der Waals surface area contributed by atoms with Crippen LogP contribution in [-0.2, 0) is 19.1 Å². The average molecular weight is 382 g/mol. The van der Waals surface area contributed by atoms with Gasteiger partial charge in [-0.1, -0.05) is 12.1 Å². The Hall–Kier alpha value is -3.15. The lowest BCUT2D eigenvalue weighted by atomic mass is 9.96. The van der Waals surface area contributed by atoms with E-state index in [2.05, 4.69) is 10.3 Å². The zero-order valence-electron chi connectivity index (χ0n) is 17.0. The van der Waals surface area contributed by atoms with Gasteiger partial charge in [-0.15, -0.1) is 0 Å². The standard InChI is InChI=1S/C22H26N2O4/c1-6-27-21(25)19(22(26)28-7-2)13-24-18-10-8-9-17(11-18)20-14(3)12-23-16(5)15(20)4/h8-13,24H,6-7H2,1-5H3. The summed E-state index contributed by atoms with van der Waals surface area (Å²) in [7, 11) is 0. The van der Waals surface area contributed by atoms with Crippen molar-refractivity contribution in [2.45, 2.75) is 34.6 Å². The Kier molecular flexibility index (Phi) is 7.32. The smallest absolute Gasteiger partial charge is 0.347 e. The van der Waals surface area contributed by atoms with Crippen molar-refractivity contribution in [3.63, 3.8) is 0 Å². The number of carbonyl (C=O) groups is 2. The Labute approximate surface area is 165 Å². The van der Waals surface area contributed by atoms with Gasteiger partial charge in [-0.2, -0.15) is 0 Å². The van der Waals surface area contributed by atoms with Crippen molar-refractivity contribution in [3.8, 4) is 11.1 Å². The maximum absolute atomic E-state index is 12.1. The van der Waals surface area contributed by atoms with Crippen molar-refractivity contribution in [3.05, 3.63) is 59.1 Å². The van der Waals surface area contributed by atoms with Crippen LogP contribution in [0.2, 0.25) is 0 Å². The van der Waals surface area contributed by atoms with Crippen LogP contribution < -0.4 is 5.32 Å². The number of hydrogen-bond donors (Lipinski definition) is 1.